The van der Waals surface area contributed by atoms with Crippen molar-refractivity contribution in [1.82, 2.24) is 0 Å². The Morgan fingerprint density at radius 2 is 1.84 bits per heavy atom. The number of hydrogen-bond acceptors (Lipinski definition) is 3. The second kappa shape index (κ2) is 4.99. The summed E-state index contributed by atoms with van der Waals surface area (Å²) in [6.07, 6.45) is 6.13. The minimum atomic E-state index is -1.25. The lowest BCUT2D eigenvalue weighted by molar-refractivity contribution is -0.135. The van der Waals surface area contributed by atoms with Gasteiger partial charge in [0.25, 0.3) is 0 Å². The van der Waals surface area contributed by atoms with E-state index in [2.05, 4.69) is 6.92 Å². The Balaban J connectivity index is 1.58. The third-order valence-corrected chi connectivity index (χ3v) is 9.74. The maximum absolute atomic E-state index is 14.3. The molecule has 0 spiro atoms. The van der Waals surface area contributed by atoms with E-state index in [0.717, 1.165) is 37.0 Å². The van der Waals surface area contributed by atoms with E-state index in [1.54, 1.807) is 11.8 Å². The Bertz CT molecular complexity index is 715. The molecule has 4 heteroatoms. The molecule has 0 radical (unpaired) electrons. The molecule has 25 heavy (non-hydrogen) atoms. The van der Waals surface area contributed by atoms with Gasteiger partial charge in [0.05, 0.1) is 4.91 Å². The van der Waals surface area contributed by atoms with Crippen LogP contribution in [0.15, 0.2) is 10.5 Å². The zero-order valence-corrected chi connectivity index (χ0v) is 16.1. The number of carbonyl (C=O) groups is 2. The van der Waals surface area contributed by atoms with Crippen molar-refractivity contribution < 1.29 is 14.0 Å². The van der Waals surface area contributed by atoms with Crippen molar-refractivity contribution in [2.24, 2.45) is 40.4 Å². The van der Waals surface area contributed by atoms with Crippen LogP contribution in [-0.2, 0) is 9.59 Å². The molecule has 4 fully saturated rings. The normalized spacial score (nSPS) is 53.9. The fourth-order valence-corrected chi connectivity index (χ4v) is 8.45. The number of alkyl halides is 1. The summed E-state index contributed by atoms with van der Waals surface area (Å²) in [5.74, 6) is 2.19. The van der Waals surface area contributed by atoms with Gasteiger partial charge < -0.3 is 0 Å². The molecule has 5 aliphatic rings. The van der Waals surface area contributed by atoms with Crippen LogP contribution in [0.5, 0.6) is 0 Å². The average molecular weight is 363 g/mol. The zero-order valence-electron chi connectivity index (χ0n) is 15.3. The summed E-state index contributed by atoms with van der Waals surface area (Å²) in [5, 5.41) is 0. The fourth-order valence-electron chi connectivity index (χ4n) is 7.53. The highest BCUT2D eigenvalue weighted by Crippen LogP contribution is 2.72. The summed E-state index contributed by atoms with van der Waals surface area (Å²) in [7, 11) is 0. The van der Waals surface area contributed by atoms with E-state index in [1.165, 1.54) is 5.57 Å². The zero-order chi connectivity index (χ0) is 17.7. The smallest absolute Gasteiger partial charge is 0.173 e. The Hall–Kier alpha value is -0.640. The molecular formula is C21H27FO2S. The van der Waals surface area contributed by atoms with Gasteiger partial charge in [0.15, 0.2) is 17.7 Å². The lowest BCUT2D eigenvalue weighted by atomic mass is 9.47. The molecule has 0 aromatic carbocycles. The molecule has 0 aliphatic heterocycles. The van der Waals surface area contributed by atoms with E-state index in [-0.39, 0.29) is 23.0 Å². The van der Waals surface area contributed by atoms with Crippen LogP contribution in [0.4, 0.5) is 4.39 Å². The lowest BCUT2D eigenvalue weighted by Crippen LogP contribution is -2.52. The standard InChI is InChI=1S/C21H27FO2S/c1-20-7-6-12-10(14(20)9-16(22)19(20)24)4-5-13-18(25-3)17(23)11-8-15(11)21(12,13)2/h10-12,14-16H,4-9H2,1-3H3/t10-,11+,12+,14+,15?,16-,20+,21-/m1/s1. The van der Waals surface area contributed by atoms with Crippen molar-refractivity contribution >= 4 is 23.3 Å². The first-order chi connectivity index (χ1) is 11.8. The molecule has 136 valence electrons. The van der Waals surface area contributed by atoms with Gasteiger partial charge in [0, 0.05) is 11.3 Å². The van der Waals surface area contributed by atoms with Crippen LogP contribution in [0.3, 0.4) is 0 Å². The number of thioether (sulfide) groups is 1. The molecule has 5 rings (SSSR count). The van der Waals surface area contributed by atoms with E-state index >= 15 is 0 Å². The second-order valence-corrected chi connectivity index (χ2v) is 10.4. The molecular weight excluding hydrogens is 335 g/mol. The molecule has 5 aliphatic carbocycles. The van der Waals surface area contributed by atoms with E-state index < -0.39 is 11.6 Å². The maximum Gasteiger partial charge on any atom is 0.173 e. The van der Waals surface area contributed by atoms with Crippen molar-refractivity contribution in [3.05, 3.63) is 10.5 Å². The Labute approximate surface area is 153 Å². The Kier molecular flexibility index (Phi) is 3.30. The van der Waals surface area contributed by atoms with E-state index in [1.807, 2.05) is 13.2 Å². The number of ketones is 2. The van der Waals surface area contributed by atoms with E-state index in [4.69, 9.17) is 0 Å². The summed E-state index contributed by atoms with van der Waals surface area (Å²) in [6.45, 7) is 4.43. The molecule has 0 amide bonds. The first-order valence-corrected chi connectivity index (χ1v) is 11.1. The minimum absolute atomic E-state index is 0.110. The molecule has 1 unspecified atom stereocenters. The van der Waals surface area contributed by atoms with Crippen molar-refractivity contribution in [3.8, 4) is 0 Å². The quantitative estimate of drug-likeness (QED) is 0.684. The first-order valence-electron chi connectivity index (χ1n) is 9.84. The van der Waals surface area contributed by atoms with Gasteiger partial charge in [-0.1, -0.05) is 13.8 Å². The molecule has 0 bridgehead atoms. The number of allylic oxidation sites excluding steroid dienone is 1. The molecule has 8 atom stereocenters. The molecule has 2 nitrogen and oxygen atoms in total. The predicted octanol–water partition coefficient (Wildman–Crippen LogP) is 4.58. The molecule has 0 aromatic heterocycles. The van der Waals surface area contributed by atoms with Crippen LogP contribution in [0, 0.1) is 40.4 Å². The second-order valence-electron chi connectivity index (χ2n) is 9.55. The van der Waals surface area contributed by atoms with Gasteiger partial charge in [0.1, 0.15) is 0 Å². The van der Waals surface area contributed by atoms with Crippen molar-refractivity contribution in [3.63, 3.8) is 0 Å². The molecule has 0 heterocycles. The van der Waals surface area contributed by atoms with Gasteiger partial charge >= 0.3 is 0 Å². The van der Waals surface area contributed by atoms with Crippen LogP contribution in [0.25, 0.3) is 0 Å². The first kappa shape index (κ1) is 16.5. The third kappa shape index (κ3) is 1.83. The highest BCUT2D eigenvalue weighted by Gasteiger charge is 2.68. The monoisotopic (exact) mass is 362 g/mol. The number of Topliss-reactive ketones (excluding diaryl/α,β-unsaturated/α-hetero) is 2. The lowest BCUT2D eigenvalue weighted by Gasteiger charge is -2.57. The largest absolute Gasteiger partial charge is 0.296 e. The van der Waals surface area contributed by atoms with Gasteiger partial charge in [-0.15, -0.1) is 11.8 Å². The van der Waals surface area contributed by atoms with Gasteiger partial charge in [-0.2, -0.15) is 0 Å². The van der Waals surface area contributed by atoms with Crippen LogP contribution >= 0.6 is 11.8 Å². The summed E-state index contributed by atoms with van der Waals surface area (Å²) in [5.41, 5.74) is 1.08. The van der Waals surface area contributed by atoms with Crippen LogP contribution in [-0.4, -0.2) is 24.0 Å². The fraction of sp³-hybridized carbons (Fsp3) is 0.810. The van der Waals surface area contributed by atoms with Crippen molar-refractivity contribution in [2.45, 2.75) is 58.5 Å². The summed E-state index contributed by atoms with van der Waals surface area (Å²) < 4.78 is 14.3. The Morgan fingerprint density at radius 3 is 2.56 bits per heavy atom. The summed E-state index contributed by atoms with van der Waals surface area (Å²) in [4.78, 5) is 26.2. The third-order valence-electron chi connectivity index (χ3n) is 8.88. The molecule has 0 saturated heterocycles. The molecule has 4 saturated carbocycles. The maximum atomic E-state index is 14.3. The van der Waals surface area contributed by atoms with E-state index in [9.17, 15) is 14.0 Å². The van der Waals surface area contributed by atoms with Crippen LogP contribution in [0.2, 0.25) is 0 Å². The predicted molar refractivity (Wildman–Crippen MR) is 96.8 cm³/mol. The number of halogens is 1. The van der Waals surface area contributed by atoms with Gasteiger partial charge in [-0.05, 0) is 79.4 Å². The number of hydrogen-bond donors (Lipinski definition) is 0. The van der Waals surface area contributed by atoms with Gasteiger partial charge in [0.2, 0.25) is 0 Å². The van der Waals surface area contributed by atoms with Crippen molar-refractivity contribution in [1.29, 1.82) is 0 Å². The van der Waals surface area contributed by atoms with Crippen LogP contribution < -0.4 is 0 Å². The van der Waals surface area contributed by atoms with E-state index in [0.29, 0.717) is 30.0 Å². The number of fused-ring (bicyclic) bond motifs is 7. The van der Waals surface area contributed by atoms with Crippen LogP contribution in [0.1, 0.15) is 52.4 Å². The highest BCUT2D eigenvalue weighted by atomic mass is 32.2. The topological polar surface area (TPSA) is 34.1 Å². The minimum Gasteiger partial charge on any atom is -0.296 e. The summed E-state index contributed by atoms with van der Waals surface area (Å²) in [6, 6.07) is 0. The van der Waals surface area contributed by atoms with Gasteiger partial charge in [-0.3, -0.25) is 9.59 Å². The SMILES string of the molecule is CSC1=C2CC[C@H]3[C@@H]4C[C@@H](F)C(=O)[C@@]4(C)CC[C@@H]3[C@@]2(C)C2C[C@@H]2C1=O. The van der Waals surface area contributed by atoms with Crippen molar-refractivity contribution in [2.75, 3.05) is 6.26 Å². The van der Waals surface area contributed by atoms with Gasteiger partial charge in [-0.25, -0.2) is 4.39 Å². The Morgan fingerprint density at radius 1 is 1.08 bits per heavy atom. The summed E-state index contributed by atoms with van der Waals surface area (Å²) >= 11 is 1.64. The molecule has 0 aromatic rings. The average Bonchev–Trinajstić information content (AvgIpc) is 3.36. The molecule has 0 N–H and O–H groups in total. The number of rotatable bonds is 1. The number of carbonyl (C=O) groups excluding carboxylic acids is 2. The highest BCUT2D eigenvalue weighted by molar-refractivity contribution is 8.03.